The van der Waals surface area contributed by atoms with Crippen molar-refractivity contribution in [1.82, 2.24) is 24.8 Å². The van der Waals surface area contributed by atoms with E-state index in [4.69, 9.17) is 0 Å². The highest BCUT2D eigenvalue weighted by molar-refractivity contribution is 7.99. The number of hydrogen-bond acceptors (Lipinski definition) is 7. The Balaban J connectivity index is 1.76. The molecular weight excluding hydrogens is 352 g/mol. The molecule has 0 atom stereocenters. The number of benzene rings is 2. The van der Waals surface area contributed by atoms with Gasteiger partial charge in [0.1, 0.15) is 6.07 Å². The second-order valence-corrected chi connectivity index (χ2v) is 7.27. The first-order chi connectivity index (χ1) is 12.3. The van der Waals surface area contributed by atoms with Crippen LogP contribution in [0.15, 0.2) is 58.6 Å². The van der Waals surface area contributed by atoms with E-state index in [0.717, 1.165) is 31.0 Å². The minimum absolute atomic E-state index is 0.292. The number of hydrogen-bond donors (Lipinski definition) is 0. The molecular formula is C17H8N6S2. The summed E-state index contributed by atoms with van der Waals surface area (Å²) in [7, 11) is 0. The van der Waals surface area contributed by atoms with E-state index in [1.165, 1.54) is 11.8 Å². The van der Waals surface area contributed by atoms with Gasteiger partial charge < -0.3 is 0 Å². The standard InChI is InChI=1S/C17H8N6S2/c18-9-12-15(10-5-1-2-6-11(10)19-20-12)25-17-22-21-16-23(17)13-7-3-4-8-14(13)24-16/h1-8H. The lowest BCUT2D eigenvalue weighted by Gasteiger charge is -2.05. The van der Waals surface area contributed by atoms with Crippen LogP contribution in [0, 0.1) is 11.3 Å². The van der Waals surface area contributed by atoms with E-state index in [2.05, 4.69) is 32.5 Å². The maximum absolute atomic E-state index is 9.44. The van der Waals surface area contributed by atoms with Crippen LogP contribution >= 0.6 is 23.1 Å². The lowest BCUT2D eigenvalue weighted by molar-refractivity contribution is 0.938. The lowest BCUT2D eigenvalue weighted by Crippen LogP contribution is -1.95. The summed E-state index contributed by atoms with van der Waals surface area (Å²) in [4.78, 5) is 1.58. The molecule has 5 rings (SSSR count). The molecule has 0 spiro atoms. The molecule has 0 bridgehead atoms. The Morgan fingerprint density at radius 3 is 2.72 bits per heavy atom. The first-order valence-electron chi connectivity index (χ1n) is 7.41. The first-order valence-corrected chi connectivity index (χ1v) is 9.04. The van der Waals surface area contributed by atoms with Gasteiger partial charge in [0.05, 0.1) is 20.6 Å². The summed E-state index contributed by atoms with van der Waals surface area (Å²) in [6.45, 7) is 0. The average Bonchev–Trinajstić information content (AvgIpc) is 3.22. The molecule has 0 saturated carbocycles. The van der Waals surface area contributed by atoms with Crippen molar-refractivity contribution in [1.29, 1.82) is 5.26 Å². The minimum Gasteiger partial charge on any atom is -0.260 e. The Morgan fingerprint density at radius 2 is 1.80 bits per heavy atom. The molecule has 8 heteroatoms. The van der Waals surface area contributed by atoms with Crippen molar-refractivity contribution in [3.63, 3.8) is 0 Å². The molecule has 2 aromatic carbocycles. The van der Waals surface area contributed by atoms with E-state index in [9.17, 15) is 5.26 Å². The van der Waals surface area contributed by atoms with Crippen molar-refractivity contribution in [2.45, 2.75) is 10.1 Å². The molecule has 0 fully saturated rings. The highest BCUT2D eigenvalue weighted by atomic mass is 32.2. The molecule has 0 unspecified atom stereocenters. The topological polar surface area (TPSA) is 79.8 Å². The number of para-hydroxylation sites is 1. The summed E-state index contributed by atoms with van der Waals surface area (Å²) in [5.41, 5.74) is 2.10. The fourth-order valence-electron chi connectivity index (χ4n) is 2.72. The van der Waals surface area contributed by atoms with Crippen molar-refractivity contribution in [3.8, 4) is 6.07 Å². The molecule has 0 radical (unpaired) electrons. The smallest absolute Gasteiger partial charge is 0.217 e. The van der Waals surface area contributed by atoms with Crippen molar-refractivity contribution >= 4 is 49.2 Å². The van der Waals surface area contributed by atoms with Crippen LogP contribution in [0.3, 0.4) is 0 Å². The molecule has 0 aliphatic heterocycles. The first kappa shape index (κ1) is 14.3. The van der Waals surface area contributed by atoms with E-state index in [0.29, 0.717) is 10.9 Å². The third-order valence-corrected chi connectivity index (χ3v) is 5.91. The zero-order valence-corrected chi connectivity index (χ0v) is 14.3. The molecule has 0 amide bonds. The van der Waals surface area contributed by atoms with Gasteiger partial charge >= 0.3 is 0 Å². The number of nitriles is 1. The van der Waals surface area contributed by atoms with Crippen molar-refractivity contribution in [2.75, 3.05) is 0 Å². The van der Waals surface area contributed by atoms with Crippen LogP contribution in [0.2, 0.25) is 0 Å². The molecule has 0 aliphatic rings. The van der Waals surface area contributed by atoms with Crippen LogP contribution < -0.4 is 0 Å². The summed E-state index contributed by atoms with van der Waals surface area (Å²) in [6.07, 6.45) is 0. The van der Waals surface area contributed by atoms with Crippen LogP contribution in [0.1, 0.15) is 5.69 Å². The Bertz CT molecular complexity index is 1300. The summed E-state index contributed by atoms with van der Waals surface area (Å²) in [6, 6.07) is 17.9. The summed E-state index contributed by atoms with van der Waals surface area (Å²) in [5, 5.41) is 27.8. The van der Waals surface area contributed by atoms with Crippen LogP contribution in [-0.2, 0) is 0 Å². The van der Waals surface area contributed by atoms with Crippen LogP contribution in [0.4, 0.5) is 0 Å². The van der Waals surface area contributed by atoms with E-state index in [1.807, 2.05) is 46.9 Å². The minimum atomic E-state index is 0.292. The van der Waals surface area contributed by atoms with Gasteiger partial charge in [-0.15, -0.1) is 20.4 Å². The monoisotopic (exact) mass is 360 g/mol. The highest BCUT2D eigenvalue weighted by Crippen LogP contribution is 2.36. The lowest BCUT2D eigenvalue weighted by atomic mass is 10.2. The molecule has 0 aliphatic carbocycles. The van der Waals surface area contributed by atoms with Gasteiger partial charge in [-0.3, -0.25) is 4.40 Å². The zero-order chi connectivity index (χ0) is 16.8. The number of nitrogens with zero attached hydrogens (tertiary/aromatic N) is 6. The molecule has 118 valence electrons. The van der Waals surface area contributed by atoms with E-state index in [1.54, 1.807) is 11.3 Å². The van der Waals surface area contributed by atoms with Gasteiger partial charge in [-0.1, -0.05) is 41.7 Å². The summed E-state index contributed by atoms with van der Waals surface area (Å²) >= 11 is 2.98. The molecule has 3 aromatic heterocycles. The van der Waals surface area contributed by atoms with Crippen LogP contribution in [0.25, 0.3) is 26.1 Å². The number of fused-ring (bicyclic) bond motifs is 4. The molecule has 5 aromatic rings. The summed E-state index contributed by atoms with van der Waals surface area (Å²) < 4.78 is 3.16. The summed E-state index contributed by atoms with van der Waals surface area (Å²) in [5.74, 6) is 0. The number of thiazole rings is 1. The fourth-order valence-corrected chi connectivity index (χ4v) is 4.75. The predicted molar refractivity (Wildman–Crippen MR) is 96.7 cm³/mol. The van der Waals surface area contributed by atoms with Crippen molar-refractivity contribution < 1.29 is 0 Å². The normalized spacial score (nSPS) is 11.3. The number of rotatable bonds is 2. The second kappa shape index (κ2) is 5.51. The van der Waals surface area contributed by atoms with Crippen molar-refractivity contribution in [2.24, 2.45) is 0 Å². The van der Waals surface area contributed by atoms with E-state index in [-0.39, 0.29) is 0 Å². The Hall–Kier alpha value is -3.02. The molecule has 6 nitrogen and oxygen atoms in total. The SMILES string of the molecule is N#Cc1nnc2ccccc2c1Sc1nnc2sc3ccccc3n12. The van der Waals surface area contributed by atoms with E-state index < -0.39 is 0 Å². The second-order valence-electron chi connectivity index (χ2n) is 5.28. The van der Waals surface area contributed by atoms with Crippen LogP contribution in [0.5, 0.6) is 0 Å². The molecule has 25 heavy (non-hydrogen) atoms. The van der Waals surface area contributed by atoms with E-state index >= 15 is 0 Å². The quantitative estimate of drug-likeness (QED) is 0.475. The maximum Gasteiger partial charge on any atom is 0.217 e. The predicted octanol–water partition coefficient (Wildman–Crippen LogP) is 3.91. The Labute approximate surface area is 149 Å². The van der Waals surface area contributed by atoms with Gasteiger partial charge in [0.25, 0.3) is 0 Å². The fraction of sp³-hybridized carbons (Fsp3) is 0. The van der Waals surface area contributed by atoms with Gasteiger partial charge in [-0.05, 0) is 30.0 Å². The molecule has 0 saturated heterocycles. The molecule has 0 N–H and O–H groups in total. The van der Waals surface area contributed by atoms with Gasteiger partial charge in [-0.2, -0.15) is 5.26 Å². The van der Waals surface area contributed by atoms with Gasteiger partial charge in [0.15, 0.2) is 5.69 Å². The average molecular weight is 360 g/mol. The number of aromatic nitrogens is 5. The molecule has 3 heterocycles. The third-order valence-electron chi connectivity index (χ3n) is 3.83. The Kier molecular flexibility index (Phi) is 3.16. The Morgan fingerprint density at radius 1 is 0.960 bits per heavy atom. The zero-order valence-electron chi connectivity index (χ0n) is 12.6. The van der Waals surface area contributed by atoms with Crippen LogP contribution in [-0.4, -0.2) is 24.8 Å². The third kappa shape index (κ3) is 2.17. The van der Waals surface area contributed by atoms with Gasteiger partial charge in [-0.25, -0.2) is 0 Å². The maximum atomic E-state index is 9.44. The highest BCUT2D eigenvalue weighted by Gasteiger charge is 2.18. The van der Waals surface area contributed by atoms with Gasteiger partial charge in [0, 0.05) is 5.39 Å². The largest absolute Gasteiger partial charge is 0.260 e. The van der Waals surface area contributed by atoms with Gasteiger partial charge in [0.2, 0.25) is 10.1 Å². The van der Waals surface area contributed by atoms with Crippen molar-refractivity contribution in [3.05, 3.63) is 54.2 Å².